The normalized spacial score (nSPS) is 21.5. The molecule has 1 fully saturated rings. The van der Waals surface area contributed by atoms with Crippen LogP contribution in [0.2, 0.25) is 0 Å². The van der Waals surface area contributed by atoms with E-state index in [1.165, 1.54) is 28.4 Å². The van der Waals surface area contributed by atoms with E-state index in [-0.39, 0.29) is 34.5 Å². The van der Waals surface area contributed by atoms with Gasteiger partial charge in [0.25, 0.3) is 5.91 Å². The highest BCUT2D eigenvalue weighted by Gasteiger charge is 2.56. The number of fused-ring (bicyclic) bond motifs is 2. The van der Waals surface area contributed by atoms with Crippen LogP contribution in [-0.2, 0) is 19.3 Å². The van der Waals surface area contributed by atoms with Crippen LogP contribution in [0.15, 0.2) is 63.2 Å². The van der Waals surface area contributed by atoms with Gasteiger partial charge in [-0.05, 0) is 12.1 Å². The first-order valence-electron chi connectivity index (χ1n) is 10.5. The maximum Gasteiger partial charge on any atom is 0.352 e. The highest BCUT2D eigenvalue weighted by Crippen LogP contribution is 2.55. The van der Waals surface area contributed by atoms with Gasteiger partial charge in [0.2, 0.25) is 5.91 Å². The fraction of sp³-hybridized carbons (Fsp3) is 0.182. The minimum Gasteiger partial charge on any atom is -0.477 e. The van der Waals surface area contributed by atoms with Crippen molar-refractivity contribution in [3.63, 3.8) is 0 Å². The number of nitrogens with zero attached hydrogens (tertiary/aromatic N) is 4. The predicted octanol–water partition coefficient (Wildman–Crippen LogP) is 2.44. The Labute approximate surface area is 216 Å². The second kappa shape index (κ2) is 9.44. The van der Waals surface area contributed by atoms with E-state index in [1.54, 1.807) is 5.38 Å². The van der Waals surface area contributed by atoms with Gasteiger partial charge >= 0.3 is 5.97 Å². The molecule has 1 saturated heterocycles. The summed E-state index contributed by atoms with van der Waals surface area (Å²) in [6, 6.07) is 11.3. The van der Waals surface area contributed by atoms with Gasteiger partial charge in [-0.2, -0.15) is 0 Å². The monoisotopic (exact) mass is 542 g/mol. The zero-order valence-corrected chi connectivity index (χ0v) is 20.8. The molecule has 2 aliphatic heterocycles. The number of carboxylic acid groups (broad SMARTS) is 1. The van der Waals surface area contributed by atoms with E-state index in [2.05, 4.69) is 20.4 Å². The maximum atomic E-state index is 12.7. The van der Waals surface area contributed by atoms with Gasteiger partial charge in [0.15, 0.2) is 10.0 Å². The molecule has 184 valence electrons. The summed E-state index contributed by atoms with van der Waals surface area (Å²) in [5.74, 6) is -2.35. The number of aliphatic carboxylic acids is 1. The summed E-state index contributed by atoms with van der Waals surface area (Å²) in [5.41, 5.74) is 6.99. The standard InChI is InChI=1S/C22H18N6O5S3/c23-21-26-14(10-35-21)22(27-15(29)8-24-33)12(19(20(31)32)28-17(30)7-18(28)36-22)9-34-16-6-5-11-3-1-2-4-13(11)25-16/h1-6,8,10,18,33H,7,9H2,(H2,23,26)(H,27,29)(H,31,32)/b24-8+/t18-,22?/m1/s1. The number of β-lactam (4-membered cyclic amide) rings is 1. The number of thioether (sulfide) groups is 2. The summed E-state index contributed by atoms with van der Waals surface area (Å²) in [7, 11) is 0. The van der Waals surface area contributed by atoms with Crippen LogP contribution < -0.4 is 11.1 Å². The Morgan fingerprint density at radius 3 is 2.81 bits per heavy atom. The molecule has 36 heavy (non-hydrogen) atoms. The lowest BCUT2D eigenvalue weighted by molar-refractivity contribution is -0.146. The molecule has 2 aliphatic rings. The average Bonchev–Trinajstić information content (AvgIpc) is 3.29. The number of thiazole rings is 1. The Balaban J connectivity index is 1.64. The van der Waals surface area contributed by atoms with E-state index in [1.807, 2.05) is 36.4 Å². The number of rotatable bonds is 7. The highest BCUT2D eigenvalue weighted by molar-refractivity contribution is 8.01. The summed E-state index contributed by atoms with van der Waals surface area (Å²) >= 11 is 3.58. The molecular formula is C22H18N6O5S3. The number of amides is 2. The number of anilines is 1. The van der Waals surface area contributed by atoms with E-state index in [9.17, 15) is 19.5 Å². The van der Waals surface area contributed by atoms with Gasteiger partial charge in [0, 0.05) is 22.1 Å². The summed E-state index contributed by atoms with van der Waals surface area (Å²) in [5, 5.41) is 27.6. The first-order valence-corrected chi connectivity index (χ1v) is 13.2. The molecule has 11 nitrogen and oxygen atoms in total. The van der Waals surface area contributed by atoms with Gasteiger partial charge in [-0.3, -0.25) is 14.5 Å². The van der Waals surface area contributed by atoms with Crippen molar-refractivity contribution in [1.29, 1.82) is 0 Å². The number of nitrogens with two attached hydrogens (primary N) is 1. The molecule has 2 atom stereocenters. The summed E-state index contributed by atoms with van der Waals surface area (Å²) in [4.78, 5) is 46.4. The number of carboxylic acids is 1. The van der Waals surface area contributed by atoms with Crippen molar-refractivity contribution in [2.75, 3.05) is 11.5 Å². The number of hydrogen-bond donors (Lipinski definition) is 4. The lowest BCUT2D eigenvalue weighted by Crippen LogP contribution is -2.61. The molecule has 0 aliphatic carbocycles. The Morgan fingerprint density at radius 2 is 2.11 bits per heavy atom. The molecule has 0 spiro atoms. The van der Waals surface area contributed by atoms with Crippen LogP contribution in [0.4, 0.5) is 5.13 Å². The first kappa shape index (κ1) is 24.1. The zero-order valence-electron chi connectivity index (χ0n) is 18.3. The minimum atomic E-state index is -1.48. The van der Waals surface area contributed by atoms with Crippen molar-refractivity contribution in [2.24, 2.45) is 5.16 Å². The number of para-hydroxylation sites is 1. The Morgan fingerprint density at radius 1 is 1.31 bits per heavy atom. The molecule has 0 radical (unpaired) electrons. The summed E-state index contributed by atoms with van der Waals surface area (Å²) in [6.07, 6.45) is 0.770. The number of hydrogen-bond acceptors (Lipinski definition) is 11. The van der Waals surface area contributed by atoms with E-state index in [0.29, 0.717) is 16.9 Å². The topological polar surface area (TPSA) is 171 Å². The van der Waals surface area contributed by atoms with Crippen LogP contribution in [0.25, 0.3) is 10.9 Å². The molecule has 14 heteroatoms. The molecule has 5 N–H and O–H groups in total. The molecule has 5 rings (SSSR count). The van der Waals surface area contributed by atoms with Crippen molar-refractivity contribution >= 4 is 74.9 Å². The molecule has 1 unspecified atom stereocenters. The van der Waals surface area contributed by atoms with E-state index < -0.39 is 22.1 Å². The molecule has 2 amide bonds. The Hall–Kier alpha value is -3.62. The number of nitrogens with one attached hydrogen (secondary N) is 1. The number of aromatic nitrogens is 2. The Kier molecular flexibility index (Phi) is 6.32. The van der Waals surface area contributed by atoms with Gasteiger partial charge in [-0.25, -0.2) is 14.8 Å². The summed E-state index contributed by atoms with van der Waals surface area (Å²) in [6.45, 7) is 0. The number of nitrogen functional groups attached to an aromatic ring is 1. The Bertz CT molecular complexity index is 1460. The molecule has 0 saturated carbocycles. The van der Waals surface area contributed by atoms with Crippen LogP contribution in [0.5, 0.6) is 0 Å². The number of oxime groups is 1. The lowest BCUT2D eigenvalue weighted by atomic mass is 9.98. The fourth-order valence-corrected chi connectivity index (χ4v) is 7.51. The van der Waals surface area contributed by atoms with Gasteiger partial charge < -0.3 is 21.4 Å². The van der Waals surface area contributed by atoms with Gasteiger partial charge in [-0.15, -0.1) is 23.1 Å². The van der Waals surface area contributed by atoms with Gasteiger partial charge in [0.1, 0.15) is 11.9 Å². The minimum absolute atomic E-state index is 0.0600. The maximum absolute atomic E-state index is 12.7. The zero-order chi connectivity index (χ0) is 25.4. The second-order valence-corrected chi connectivity index (χ2v) is 11.1. The van der Waals surface area contributed by atoms with Crippen molar-refractivity contribution in [3.05, 3.63) is 58.7 Å². The largest absolute Gasteiger partial charge is 0.477 e. The third kappa shape index (κ3) is 4.16. The third-order valence-electron chi connectivity index (χ3n) is 5.67. The van der Waals surface area contributed by atoms with Crippen LogP contribution in [0, 0.1) is 0 Å². The average molecular weight is 543 g/mol. The lowest BCUT2D eigenvalue weighted by Gasteiger charge is -2.51. The van der Waals surface area contributed by atoms with Gasteiger partial charge in [0.05, 0.1) is 28.0 Å². The van der Waals surface area contributed by atoms with Crippen molar-refractivity contribution in [2.45, 2.75) is 21.7 Å². The van der Waals surface area contributed by atoms with Crippen LogP contribution in [0.3, 0.4) is 0 Å². The van der Waals surface area contributed by atoms with Crippen molar-refractivity contribution in [3.8, 4) is 0 Å². The predicted molar refractivity (Wildman–Crippen MR) is 137 cm³/mol. The van der Waals surface area contributed by atoms with Crippen LogP contribution >= 0.6 is 34.9 Å². The summed E-state index contributed by atoms with van der Waals surface area (Å²) < 4.78 is 0. The number of benzene rings is 1. The van der Waals surface area contributed by atoms with Crippen molar-refractivity contribution < 1.29 is 24.7 Å². The smallest absolute Gasteiger partial charge is 0.352 e. The second-order valence-electron chi connectivity index (χ2n) is 7.79. The number of pyridine rings is 1. The first-order chi connectivity index (χ1) is 17.3. The SMILES string of the molecule is Nc1nc(C2(NC(=O)/C=N/O)S[C@@H]3CC(=O)N3C(C(=O)O)=C2CSc2ccc3ccccc3n2)cs1. The number of carbonyl (C=O) groups excluding carboxylic acids is 2. The fourth-order valence-electron chi connectivity index (χ4n) is 4.10. The highest BCUT2D eigenvalue weighted by atomic mass is 32.2. The van der Waals surface area contributed by atoms with E-state index >= 15 is 0 Å². The van der Waals surface area contributed by atoms with Crippen LogP contribution in [-0.4, -0.2) is 60.3 Å². The quantitative estimate of drug-likeness (QED) is 0.114. The van der Waals surface area contributed by atoms with E-state index in [4.69, 9.17) is 10.9 Å². The molecule has 2 aromatic heterocycles. The third-order valence-corrected chi connectivity index (χ3v) is 8.86. The van der Waals surface area contributed by atoms with Gasteiger partial charge in [-0.1, -0.05) is 41.2 Å². The van der Waals surface area contributed by atoms with Crippen LogP contribution in [0.1, 0.15) is 12.1 Å². The molecular weight excluding hydrogens is 524 g/mol. The van der Waals surface area contributed by atoms with E-state index in [0.717, 1.165) is 22.2 Å². The molecule has 4 heterocycles. The molecule has 3 aromatic rings. The molecule has 1 aromatic carbocycles. The van der Waals surface area contributed by atoms with Crippen molar-refractivity contribution in [1.82, 2.24) is 20.2 Å². The molecule has 0 bridgehead atoms. The number of carbonyl (C=O) groups is 3.